The van der Waals surface area contributed by atoms with Gasteiger partial charge >= 0.3 is 0 Å². The van der Waals surface area contributed by atoms with Gasteiger partial charge < -0.3 is 5.73 Å². The molecule has 1 unspecified atom stereocenters. The van der Waals surface area contributed by atoms with Crippen LogP contribution in [0.2, 0.25) is 0 Å². The van der Waals surface area contributed by atoms with Gasteiger partial charge in [-0.05, 0) is 38.5 Å². The van der Waals surface area contributed by atoms with Crippen molar-refractivity contribution in [2.75, 3.05) is 0 Å². The minimum absolute atomic E-state index is 0.236. The number of rotatable bonds is 5. The molecule has 0 saturated heterocycles. The average Bonchev–Trinajstić information content (AvgIpc) is 2.87. The van der Waals surface area contributed by atoms with E-state index < -0.39 is 0 Å². The van der Waals surface area contributed by atoms with E-state index in [0.717, 1.165) is 18.2 Å². The fourth-order valence-corrected chi connectivity index (χ4v) is 3.25. The van der Waals surface area contributed by atoms with Gasteiger partial charge in [-0.1, -0.05) is 26.2 Å². The van der Waals surface area contributed by atoms with Gasteiger partial charge in [-0.15, -0.1) is 0 Å². The van der Waals surface area contributed by atoms with E-state index in [1.165, 1.54) is 32.1 Å². The maximum Gasteiger partial charge on any atom is 0.138 e. The maximum absolute atomic E-state index is 6.41. The Hall–Kier alpha value is -0.900. The van der Waals surface area contributed by atoms with Crippen molar-refractivity contribution in [3.8, 4) is 0 Å². The highest BCUT2D eigenvalue weighted by Gasteiger charge is 2.26. The summed E-state index contributed by atoms with van der Waals surface area (Å²) in [6.45, 7) is 6.57. The highest BCUT2D eigenvalue weighted by Crippen LogP contribution is 2.32. The van der Waals surface area contributed by atoms with Crippen molar-refractivity contribution >= 4 is 0 Å². The number of nitrogens with two attached hydrogens (primary N) is 1. The molecule has 1 aromatic rings. The van der Waals surface area contributed by atoms with Crippen molar-refractivity contribution in [2.45, 2.75) is 71.4 Å². The third-order valence-corrected chi connectivity index (χ3v) is 4.63. The molecule has 2 N–H and O–H groups in total. The standard InChI is InChI=1S/C15H28N4/c1-4-12-5-7-13(8-6-12)14(16)9-15-17-10-18-19(15)11(2)3/h10-14H,4-9,16H2,1-3H3. The fraction of sp³-hybridized carbons (Fsp3) is 0.867. The van der Waals surface area contributed by atoms with Gasteiger partial charge in [-0.2, -0.15) is 5.10 Å². The fourth-order valence-electron chi connectivity index (χ4n) is 3.25. The number of aromatic nitrogens is 3. The van der Waals surface area contributed by atoms with E-state index in [0.29, 0.717) is 12.0 Å². The van der Waals surface area contributed by atoms with E-state index in [9.17, 15) is 0 Å². The maximum atomic E-state index is 6.41. The van der Waals surface area contributed by atoms with Gasteiger partial charge in [0.1, 0.15) is 12.2 Å². The largest absolute Gasteiger partial charge is 0.327 e. The van der Waals surface area contributed by atoms with Gasteiger partial charge in [-0.3, -0.25) is 0 Å². The third kappa shape index (κ3) is 3.56. The molecule has 1 aliphatic carbocycles. The Kier molecular flexibility index (Phi) is 4.97. The molecule has 0 aliphatic heterocycles. The summed E-state index contributed by atoms with van der Waals surface area (Å²) in [5.74, 6) is 2.64. The van der Waals surface area contributed by atoms with Crippen LogP contribution < -0.4 is 5.73 Å². The van der Waals surface area contributed by atoms with E-state index in [-0.39, 0.29) is 6.04 Å². The van der Waals surface area contributed by atoms with Gasteiger partial charge in [-0.25, -0.2) is 9.67 Å². The van der Waals surface area contributed by atoms with Crippen LogP contribution in [0.5, 0.6) is 0 Å². The van der Waals surface area contributed by atoms with Crippen LogP contribution in [-0.2, 0) is 6.42 Å². The molecule has 108 valence electrons. The summed E-state index contributed by atoms with van der Waals surface area (Å²) in [4.78, 5) is 4.38. The minimum atomic E-state index is 0.236. The molecule has 4 nitrogen and oxygen atoms in total. The van der Waals surface area contributed by atoms with Crippen LogP contribution in [0, 0.1) is 11.8 Å². The molecule has 2 rings (SSSR count). The van der Waals surface area contributed by atoms with Gasteiger partial charge in [0.25, 0.3) is 0 Å². The predicted octanol–water partition coefficient (Wildman–Crippen LogP) is 2.95. The Morgan fingerprint density at radius 2 is 2.00 bits per heavy atom. The second-order valence-corrected chi connectivity index (χ2v) is 6.27. The number of hydrogen-bond donors (Lipinski definition) is 1. The Morgan fingerprint density at radius 3 is 2.58 bits per heavy atom. The second-order valence-electron chi connectivity index (χ2n) is 6.27. The SMILES string of the molecule is CCC1CCC(C(N)Cc2ncnn2C(C)C)CC1. The summed E-state index contributed by atoms with van der Waals surface area (Å²) in [6.07, 6.45) is 9.11. The third-order valence-electron chi connectivity index (χ3n) is 4.63. The highest BCUT2D eigenvalue weighted by atomic mass is 15.3. The lowest BCUT2D eigenvalue weighted by Gasteiger charge is -2.31. The Bertz CT molecular complexity index is 377. The van der Waals surface area contributed by atoms with Crippen LogP contribution in [0.25, 0.3) is 0 Å². The minimum Gasteiger partial charge on any atom is -0.327 e. The van der Waals surface area contributed by atoms with E-state index >= 15 is 0 Å². The molecule has 0 amide bonds. The topological polar surface area (TPSA) is 56.7 Å². The molecule has 0 radical (unpaired) electrons. The van der Waals surface area contributed by atoms with Gasteiger partial charge in [0.2, 0.25) is 0 Å². The van der Waals surface area contributed by atoms with Gasteiger partial charge in [0, 0.05) is 18.5 Å². The highest BCUT2D eigenvalue weighted by molar-refractivity contribution is 4.93. The first kappa shape index (κ1) is 14.5. The zero-order valence-corrected chi connectivity index (χ0v) is 12.5. The van der Waals surface area contributed by atoms with Crippen LogP contribution in [0.3, 0.4) is 0 Å². The van der Waals surface area contributed by atoms with E-state index in [1.54, 1.807) is 6.33 Å². The Morgan fingerprint density at radius 1 is 1.32 bits per heavy atom. The van der Waals surface area contributed by atoms with Crippen molar-refractivity contribution in [3.63, 3.8) is 0 Å². The molecule has 1 heterocycles. The molecule has 4 heteroatoms. The molecule has 0 spiro atoms. The summed E-state index contributed by atoms with van der Waals surface area (Å²) in [6, 6.07) is 0.597. The molecular weight excluding hydrogens is 236 g/mol. The molecule has 1 aromatic heterocycles. The van der Waals surface area contributed by atoms with E-state index in [1.807, 2.05) is 4.68 Å². The first-order chi connectivity index (χ1) is 9.11. The first-order valence-electron chi connectivity index (χ1n) is 7.75. The van der Waals surface area contributed by atoms with Crippen LogP contribution in [0.1, 0.15) is 64.7 Å². The predicted molar refractivity (Wildman–Crippen MR) is 77.8 cm³/mol. The summed E-state index contributed by atoms with van der Waals surface area (Å²) in [5.41, 5.74) is 6.41. The van der Waals surface area contributed by atoms with Gasteiger partial charge in [0.15, 0.2) is 0 Å². The Labute approximate surface area is 116 Å². The molecular formula is C15H28N4. The summed E-state index contributed by atoms with van der Waals surface area (Å²) in [5, 5.41) is 4.29. The van der Waals surface area contributed by atoms with Crippen LogP contribution in [0.15, 0.2) is 6.33 Å². The van der Waals surface area contributed by atoms with Crippen molar-refractivity contribution in [2.24, 2.45) is 17.6 Å². The smallest absolute Gasteiger partial charge is 0.138 e. The van der Waals surface area contributed by atoms with Crippen LogP contribution in [-0.4, -0.2) is 20.8 Å². The summed E-state index contributed by atoms with van der Waals surface area (Å²) < 4.78 is 2.00. The van der Waals surface area contributed by atoms with Crippen molar-refractivity contribution < 1.29 is 0 Å². The molecule has 1 aliphatic rings. The Balaban J connectivity index is 1.90. The zero-order chi connectivity index (χ0) is 13.8. The molecule has 1 fully saturated rings. The van der Waals surface area contributed by atoms with Crippen molar-refractivity contribution in [1.29, 1.82) is 0 Å². The van der Waals surface area contributed by atoms with E-state index in [4.69, 9.17) is 5.73 Å². The molecule has 0 aromatic carbocycles. The summed E-state index contributed by atoms with van der Waals surface area (Å²) in [7, 11) is 0. The molecule has 1 atom stereocenters. The van der Waals surface area contributed by atoms with Crippen molar-refractivity contribution in [1.82, 2.24) is 14.8 Å². The number of hydrogen-bond acceptors (Lipinski definition) is 3. The molecule has 0 bridgehead atoms. The average molecular weight is 264 g/mol. The quantitative estimate of drug-likeness (QED) is 0.889. The summed E-state index contributed by atoms with van der Waals surface area (Å²) >= 11 is 0. The second kappa shape index (κ2) is 6.51. The monoisotopic (exact) mass is 264 g/mol. The normalized spacial score (nSPS) is 25.7. The van der Waals surface area contributed by atoms with Gasteiger partial charge in [0.05, 0.1) is 0 Å². The zero-order valence-electron chi connectivity index (χ0n) is 12.5. The molecule has 1 saturated carbocycles. The van der Waals surface area contributed by atoms with E-state index in [2.05, 4.69) is 30.9 Å². The lowest BCUT2D eigenvalue weighted by molar-refractivity contribution is 0.235. The lowest BCUT2D eigenvalue weighted by atomic mass is 9.77. The van der Waals surface area contributed by atoms with Crippen molar-refractivity contribution in [3.05, 3.63) is 12.2 Å². The number of nitrogens with zero attached hydrogens (tertiary/aromatic N) is 3. The lowest BCUT2D eigenvalue weighted by Crippen LogP contribution is -2.35. The first-order valence-corrected chi connectivity index (χ1v) is 7.75. The van der Waals surface area contributed by atoms with Crippen LogP contribution in [0.4, 0.5) is 0 Å². The molecule has 19 heavy (non-hydrogen) atoms. The van der Waals surface area contributed by atoms with Crippen LogP contribution >= 0.6 is 0 Å².